The second kappa shape index (κ2) is 5.66. The minimum atomic E-state index is -1.16. The molecular formula is C12H17N3O4. The first-order valence-corrected chi connectivity index (χ1v) is 5.71. The second-order valence-corrected chi connectivity index (χ2v) is 4.54. The van der Waals surface area contributed by atoms with Crippen molar-refractivity contribution in [3.05, 3.63) is 33.9 Å². The number of primary amides is 1. The molecule has 0 saturated carbocycles. The van der Waals surface area contributed by atoms with Gasteiger partial charge in [-0.05, 0) is 19.9 Å². The number of hydrogen-bond donors (Lipinski definition) is 2. The Labute approximate surface area is 110 Å². The van der Waals surface area contributed by atoms with Crippen molar-refractivity contribution in [2.75, 3.05) is 6.61 Å². The zero-order valence-corrected chi connectivity index (χ0v) is 10.9. The molecule has 0 aromatic heterocycles. The lowest BCUT2D eigenvalue weighted by molar-refractivity contribution is -0.385. The zero-order chi connectivity index (χ0) is 14.6. The highest BCUT2D eigenvalue weighted by Crippen LogP contribution is 2.27. The minimum Gasteiger partial charge on any atom is -0.493 e. The van der Waals surface area contributed by atoms with Crippen molar-refractivity contribution in [2.24, 2.45) is 11.5 Å². The van der Waals surface area contributed by atoms with E-state index in [0.717, 1.165) is 0 Å². The molecule has 0 saturated heterocycles. The lowest BCUT2D eigenvalue weighted by Gasteiger charge is -2.20. The third-order valence-electron chi connectivity index (χ3n) is 2.89. The quantitative estimate of drug-likeness (QED) is 0.585. The van der Waals surface area contributed by atoms with Gasteiger partial charge in [0.25, 0.3) is 5.69 Å². The predicted molar refractivity (Wildman–Crippen MR) is 69.7 cm³/mol. The topological polar surface area (TPSA) is 121 Å². The number of benzene rings is 1. The Morgan fingerprint density at radius 3 is 2.68 bits per heavy atom. The highest BCUT2D eigenvalue weighted by atomic mass is 16.6. The first-order valence-electron chi connectivity index (χ1n) is 5.71. The molecule has 0 heterocycles. The van der Waals surface area contributed by atoms with Gasteiger partial charge in [-0.25, -0.2) is 0 Å². The maximum atomic E-state index is 11.0. The SMILES string of the molecule is Cc1c(OCCC(C)(N)C(N)=O)cccc1[N+](=O)[O-]. The van der Waals surface area contributed by atoms with Gasteiger partial charge in [0.2, 0.25) is 5.91 Å². The summed E-state index contributed by atoms with van der Waals surface area (Å²) in [7, 11) is 0. The molecule has 1 aromatic carbocycles. The Morgan fingerprint density at radius 1 is 1.53 bits per heavy atom. The average molecular weight is 267 g/mol. The molecule has 4 N–H and O–H groups in total. The number of ether oxygens (including phenoxy) is 1. The standard InChI is InChI=1S/C12H17N3O4/c1-8-9(15(17)18)4-3-5-10(8)19-7-6-12(2,14)11(13)16/h3-5H,6-7,14H2,1-2H3,(H2,13,16). The molecule has 104 valence electrons. The monoisotopic (exact) mass is 267 g/mol. The number of carbonyl (C=O) groups is 1. The van der Waals surface area contributed by atoms with Crippen LogP contribution in [0.1, 0.15) is 18.9 Å². The van der Waals surface area contributed by atoms with E-state index in [1.807, 2.05) is 0 Å². The van der Waals surface area contributed by atoms with Gasteiger partial charge in [0.1, 0.15) is 5.75 Å². The average Bonchev–Trinajstić information content (AvgIpc) is 2.30. The lowest BCUT2D eigenvalue weighted by atomic mass is 9.99. The van der Waals surface area contributed by atoms with Crippen LogP contribution in [0, 0.1) is 17.0 Å². The highest BCUT2D eigenvalue weighted by molar-refractivity contribution is 5.83. The normalized spacial score (nSPS) is 13.6. The summed E-state index contributed by atoms with van der Waals surface area (Å²) in [5, 5.41) is 10.8. The number of amides is 1. The third-order valence-corrected chi connectivity index (χ3v) is 2.89. The van der Waals surface area contributed by atoms with Gasteiger partial charge in [-0.1, -0.05) is 6.07 Å². The molecule has 19 heavy (non-hydrogen) atoms. The summed E-state index contributed by atoms with van der Waals surface area (Å²) < 4.78 is 5.42. The number of carbonyl (C=O) groups excluding carboxylic acids is 1. The van der Waals surface area contributed by atoms with Gasteiger partial charge in [0.05, 0.1) is 22.6 Å². The summed E-state index contributed by atoms with van der Waals surface area (Å²) in [5.74, 6) is -0.221. The van der Waals surface area contributed by atoms with Crippen molar-refractivity contribution in [2.45, 2.75) is 25.8 Å². The Kier molecular flexibility index (Phi) is 4.44. The smallest absolute Gasteiger partial charge is 0.276 e. The van der Waals surface area contributed by atoms with Crippen LogP contribution in [-0.2, 0) is 4.79 Å². The van der Waals surface area contributed by atoms with Crippen LogP contribution in [0.25, 0.3) is 0 Å². The van der Waals surface area contributed by atoms with Crippen molar-refractivity contribution in [3.8, 4) is 5.75 Å². The molecule has 0 aliphatic carbocycles. The summed E-state index contributed by atoms with van der Waals surface area (Å²) in [6, 6.07) is 4.56. The molecule has 7 nitrogen and oxygen atoms in total. The van der Waals surface area contributed by atoms with Crippen LogP contribution in [0.15, 0.2) is 18.2 Å². The molecule has 1 unspecified atom stereocenters. The van der Waals surface area contributed by atoms with Crippen LogP contribution in [-0.4, -0.2) is 23.0 Å². The number of nitrogens with zero attached hydrogens (tertiary/aromatic N) is 1. The van der Waals surface area contributed by atoms with Crippen molar-refractivity contribution >= 4 is 11.6 Å². The summed E-state index contributed by atoms with van der Waals surface area (Å²) in [6.45, 7) is 3.26. The Hall–Kier alpha value is -2.15. The van der Waals surface area contributed by atoms with Crippen LogP contribution in [0.5, 0.6) is 5.75 Å². The fraction of sp³-hybridized carbons (Fsp3) is 0.417. The molecule has 0 aliphatic rings. The first kappa shape index (κ1) is 14.9. The van der Waals surface area contributed by atoms with E-state index in [2.05, 4.69) is 0 Å². The Balaban J connectivity index is 2.72. The van der Waals surface area contributed by atoms with Crippen molar-refractivity contribution in [1.29, 1.82) is 0 Å². The molecule has 1 aromatic rings. The zero-order valence-electron chi connectivity index (χ0n) is 10.9. The highest BCUT2D eigenvalue weighted by Gasteiger charge is 2.25. The summed E-state index contributed by atoms with van der Waals surface area (Å²) in [5.41, 5.74) is 10.1. The molecular weight excluding hydrogens is 250 g/mol. The van der Waals surface area contributed by atoms with E-state index in [-0.39, 0.29) is 18.7 Å². The second-order valence-electron chi connectivity index (χ2n) is 4.54. The molecule has 0 bridgehead atoms. The number of nitro benzene ring substituents is 1. The van der Waals surface area contributed by atoms with E-state index in [1.165, 1.54) is 19.1 Å². The predicted octanol–water partition coefficient (Wildman–Crippen LogP) is 0.875. The Morgan fingerprint density at radius 2 is 2.16 bits per heavy atom. The van der Waals surface area contributed by atoms with E-state index in [9.17, 15) is 14.9 Å². The van der Waals surface area contributed by atoms with Gasteiger partial charge in [0.15, 0.2) is 0 Å². The molecule has 0 spiro atoms. The van der Waals surface area contributed by atoms with E-state index in [4.69, 9.17) is 16.2 Å². The number of nitrogens with two attached hydrogens (primary N) is 2. The maximum absolute atomic E-state index is 11.0. The van der Waals surface area contributed by atoms with E-state index in [0.29, 0.717) is 11.3 Å². The van der Waals surface area contributed by atoms with Gasteiger partial charge in [-0.15, -0.1) is 0 Å². The van der Waals surface area contributed by atoms with Crippen LogP contribution < -0.4 is 16.2 Å². The van der Waals surface area contributed by atoms with E-state index >= 15 is 0 Å². The van der Waals surface area contributed by atoms with Crippen LogP contribution in [0.2, 0.25) is 0 Å². The molecule has 1 amide bonds. The van der Waals surface area contributed by atoms with Crippen LogP contribution in [0.4, 0.5) is 5.69 Å². The summed E-state index contributed by atoms with van der Waals surface area (Å²) >= 11 is 0. The summed E-state index contributed by atoms with van der Waals surface area (Å²) in [6.07, 6.45) is 0.227. The van der Waals surface area contributed by atoms with Gasteiger partial charge < -0.3 is 16.2 Å². The van der Waals surface area contributed by atoms with Crippen LogP contribution in [0.3, 0.4) is 0 Å². The number of nitro groups is 1. The van der Waals surface area contributed by atoms with E-state index < -0.39 is 16.4 Å². The molecule has 0 fully saturated rings. The lowest BCUT2D eigenvalue weighted by Crippen LogP contribution is -2.50. The number of rotatable bonds is 6. The first-order chi connectivity index (χ1) is 8.75. The molecule has 0 radical (unpaired) electrons. The fourth-order valence-corrected chi connectivity index (χ4v) is 1.45. The van der Waals surface area contributed by atoms with Crippen molar-refractivity contribution in [1.82, 2.24) is 0 Å². The van der Waals surface area contributed by atoms with Crippen molar-refractivity contribution in [3.63, 3.8) is 0 Å². The molecule has 0 aliphatic heterocycles. The van der Waals surface area contributed by atoms with Gasteiger partial charge in [-0.2, -0.15) is 0 Å². The minimum absolute atomic E-state index is 0.0112. The fourth-order valence-electron chi connectivity index (χ4n) is 1.45. The number of hydrogen-bond acceptors (Lipinski definition) is 5. The molecule has 7 heteroatoms. The molecule has 1 atom stereocenters. The van der Waals surface area contributed by atoms with E-state index in [1.54, 1.807) is 13.0 Å². The van der Waals surface area contributed by atoms with Crippen LogP contribution >= 0.6 is 0 Å². The largest absolute Gasteiger partial charge is 0.493 e. The third kappa shape index (κ3) is 3.65. The van der Waals surface area contributed by atoms with Gasteiger partial charge in [0, 0.05) is 12.5 Å². The van der Waals surface area contributed by atoms with Gasteiger partial charge in [-0.3, -0.25) is 14.9 Å². The van der Waals surface area contributed by atoms with Crippen molar-refractivity contribution < 1.29 is 14.5 Å². The molecule has 1 rings (SSSR count). The maximum Gasteiger partial charge on any atom is 0.276 e. The van der Waals surface area contributed by atoms with Gasteiger partial charge >= 0.3 is 0 Å². The Bertz CT molecular complexity index is 500. The summed E-state index contributed by atoms with van der Waals surface area (Å²) in [4.78, 5) is 21.3.